The average Bonchev–Trinajstić information content (AvgIpc) is 3.54. The van der Waals surface area contributed by atoms with Crippen LogP contribution in [0.3, 0.4) is 0 Å². The van der Waals surface area contributed by atoms with Gasteiger partial charge in [-0.1, -0.05) is 30.3 Å². The largest absolute Gasteiger partial charge is 0.464 e. The Morgan fingerprint density at radius 1 is 0.871 bits per heavy atom. The van der Waals surface area contributed by atoms with Gasteiger partial charge >= 0.3 is 0 Å². The Labute approximate surface area is 176 Å². The molecule has 0 saturated heterocycles. The second kappa shape index (κ2) is 6.34. The van der Waals surface area contributed by atoms with Crippen LogP contribution in [-0.2, 0) is 16.6 Å². The lowest BCUT2D eigenvalue weighted by atomic mass is 9.95. The fourth-order valence-corrected chi connectivity index (χ4v) is 4.43. The van der Waals surface area contributed by atoms with Crippen LogP contribution in [0.2, 0.25) is 0 Å². The molecule has 3 aromatic heterocycles. The standard InChI is InChI=1S/C25H17N3O3/c1-28-13-18(16-9-8-14(11-20(16)28)21-7-4-10-31-21)23-22(24(29)27-25(23)30)17-12-26-19-6-3-2-5-15(17)19/h2-13,26H,1H3,(H,27,29,30). The Balaban J connectivity index is 1.61. The lowest BCUT2D eigenvalue weighted by Crippen LogP contribution is -2.22. The second-order valence-corrected chi connectivity index (χ2v) is 7.64. The lowest BCUT2D eigenvalue weighted by Gasteiger charge is -2.04. The molecule has 6 nitrogen and oxygen atoms in total. The molecule has 0 unspecified atom stereocenters. The molecule has 0 atom stereocenters. The number of hydrogen-bond donors (Lipinski definition) is 2. The summed E-state index contributed by atoms with van der Waals surface area (Å²) in [6.07, 6.45) is 5.33. The molecular formula is C25H17N3O3. The molecule has 2 N–H and O–H groups in total. The van der Waals surface area contributed by atoms with E-state index in [1.165, 1.54) is 0 Å². The monoisotopic (exact) mass is 407 g/mol. The predicted molar refractivity (Wildman–Crippen MR) is 119 cm³/mol. The summed E-state index contributed by atoms with van der Waals surface area (Å²) >= 11 is 0. The first-order chi connectivity index (χ1) is 15.1. The van der Waals surface area contributed by atoms with Crippen molar-refractivity contribution in [2.45, 2.75) is 0 Å². The van der Waals surface area contributed by atoms with Crippen LogP contribution < -0.4 is 5.32 Å². The van der Waals surface area contributed by atoms with Crippen molar-refractivity contribution in [3.63, 3.8) is 0 Å². The minimum Gasteiger partial charge on any atom is -0.464 e. The summed E-state index contributed by atoms with van der Waals surface area (Å²) in [6, 6.07) is 17.5. The van der Waals surface area contributed by atoms with Crippen molar-refractivity contribution < 1.29 is 14.0 Å². The van der Waals surface area contributed by atoms with Gasteiger partial charge in [-0.3, -0.25) is 14.9 Å². The third kappa shape index (κ3) is 2.51. The Bertz CT molecular complexity index is 1550. The Kier molecular flexibility index (Phi) is 3.58. The predicted octanol–water partition coefficient (Wildman–Crippen LogP) is 4.49. The summed E-state index contributed by atoms with van der Waals surface area (Å²) < 4.78 is 7.49. The molecule has 0 saturated carbocycles. The molecule has 1 aliphatic heterocycles. The van der Waals surface area contributed by atoms with Crippen LogP contribution in [0.4, 0.5) is 0 Å². The van der Waals surface area contributed by atoms with Gasteiger partial charge in [0.25, 0.3) is 11.8 Å². The fourth-order valence-electron chi connectivity index (χ4n) is 4.43. The van der Waals surface area contributed by atoms with Crippen LogP contribution in [0.15, 0.2) is 77.7 Å². The van der Waals surface area contributed by atoms with Gasteiger partial charge in [-0.05, 0) is 24.3 Å². The zero-order chi connectivity index (χ0) is 21.1. The van der Waals surface area contributed by atoms with E-state index in [1.54, 1.807) is 12.5 Å². The van der Waals surface area contributed by atoms with Gasteiger partial charge in [-0.2, -0.15) is 0 Å². The summed E-state index contributed by atoms with van der Waals surface area (Å²) in [5, 5.41) is 4.29. The summed E-state index contributed by atoms with van der Waals surface area (Å²) in [4.78, 5) is 28.9. The van der Waals surface area contributed by atoms with E-state index in [4.69, 9.17) is 4.42 Å². The minimum atomic E-state index is -0.382. The number of hydrogen-bond acceptors (Lipinski definition) is 3. The first-order valence-electron chi connectivity index (χ1n) is 9.91. The maximum Gasteiger partial charge on any atom is 0.259 e. The molecule has 6 rings (SSSR count). The third-order valence-corrected chi connectivity index (χ3v) is 5.86. The average molecular weight is 407 g/mol. The van der Waals surface area contributed by atoms with Crippen molar-refractivity contribution in [3.8, 4) is 11.3 Å². The fraction of sp³-hybridized carbons (Fsp3) is 0.0400. The molecule has 0 radical (unpaired) electrons. The third-order valence-electron chi connectivity index (χ3n) is 5.86. The van der Waals surface area contributed by atoms with Crippen LogP contribution in [0, 0.1) is 0 Å². The highest BCUT2D eigenvalue weighted by Gasteiger charge is 2.34. The zero-order valence-electron chi connectivity index (χ0n) is 16.6. The molecule has 0 aliphatic carbocycles. The smallest absolute Gasteiger partial charge is 0.259 e. The number of nitrogens with one attached hydrogen (secondary N) is 2. The molecule has 0 spiro atoms. The second-order valence-electron chi connectivity index (χ2n) is 7.64. The van der Waals surface area contributed by atoms with Crippen LogP contribution in [-0.4, -0.2) is 21.4 Å². The quantitative estimate of drug-likeness (QED) is 0.433. The van der Waals surface area contributed by atoms with Gasteiger partial charge in [0.15, 0.2) is 0 Å². The molecule has 4 heterocycles. The number of amides is 2. The van der Waals surface area contributed by atoms with Gasteiger partial charge in [0.1, 0.15) is 5.76 Å². The maximum absolute atomic E-state index is 12.9. The Morgan fingerprint density at radius 2 is 1.68 bits per heavy atom. The minimum absolute atomic E-state index is 0.381. The Morgan fingerprint density at radius 3 is 2.48 bits per heavy atom. The number of furan rings is 1. The number of carbonyl (C=O) groups excluding carboxylic acids is 2. The highest BCUT2D eigenvalue weighted by molar-refractivity contribution is 6.50. The van der Waals surface area contributed by atoms with Gasteiger partial charge in [-0.25, -0.2) is 0 Å². The lowest BCUT2D eigenvalue weighted by molar-refractivity contribution is -0.122. The number of benzene rings is 2. The van der Waals surface area contributed by atoms with Gasteiger partial charge in [0.05, 0.1) is 17.4 Å². The number of carbonyl (C=O) groups is 2. The number of aromatic amines is 1. The van der Waals surface area contributed by atoms with E-state index in [0.717, 1.165) is 44.3 Å². The normalized spacial score (nSPS) is 14.2. The van der Waals surface area contributed by atoms with E-state index in [0.29, 0.717) is 11.1 Å². The van der Waals surface area contributed by atoms with Crippen LogP contribution in [0.5, 0.6) is 0 Å². The molecule has 0 fully saturated rings. The van der Waals surface area contributed by atoms with Crippen molar-refractivity contribution in [3.05, 3.63) is 84.4 Å². The number of aromatic nitrogens is 2. The number of nitrogens with zero attached hydrogens (tertiary/aromatic N) is 1. The van der Waals surface area contributed by atoms with Crippen molar-refractivity contribution >= 4 is 44.8 Å². The van der Waals surface area contributed by atoms with Crippen molar-refractivity contribution in [2.24, 2.45) is 7.05 Å². The number of imide groups is 1. The van der Waals surface area contributed by atoms with Crippen molar-refractivity contribution in [2.75, 3.05) is 0 Å². The molecule has 1 aliphatic rings. The number of rotatable bonds is 3. The van der Waals surface area contributed by atoms with Gasteiger partial charge in [-0.15, -0.1) is 0 Å². The van der Waals surface area contributed by atoms with E-state index in [9.17, 15) is 9.59 Å². The highest BCUT2D eigenvalue weighted by Crippen LogP contribution is 2.38. The SMILES string of the molecule is Cn1cc(C2=C(c3c[nH]c4ccccc34)C(=O)NC2=O)c2ccc(-c3ccco3)cc21. The van der Waals surface area contributed by atoms with E-state index >= 15 is 0 Å². The van der Waals surface area contributed by atoms with Gasteiger partial charge in [0, 0.05) is 57.9 Å². The van der Waals surface area contributed by atoms with Crippen LogP contribution >= 0.6 is 0 Å². The molecule has 31 heavy (non-hydrogen) atoms. The zero-order valence-corrected chi connectivity index (χ0v) is 16.6. The van der Waals surface area contributed by atoms with Crippen molar-refractivity contribution in [1.29, 1.82) is 0 Å². The van der Waals surface area contributed by atoms with Crippen LogP contribution in [0.25, 0.3) is 44.3 Å². The summed E-state index contributed by atoms with van der Waals surface area (Å²) in [6.45, 7) is 0. The maximum atomic E-state index is 12.9. The number of H-pyrrole nitrogens is 1. The molecular weight excluding hydrogens is 390 g/mol. The molecule has 150 valence electrons. The molecule has 2 aromatic carbocycles. The first-order valence-corrected chi connectivity index (χ1v) is 9.91. The van der Waals surface area contributed by atoms with E-state index in [-0.39, 0.29) is 11.8 Å². The molecule has 6 heteroatoms. The summed E-state index contributed by atoms with van der Waals surface area (Å²) in [7, 11) is 1.93. The molecule has 2 amide bonds. The van der Waals surface area contributed by atoms with E-state index in [1.807, 2.05) is 72.4 Å². The van der Waals surface area contributed by atoms with E-state index in [2.05, 4.69) is 10.3 Å². The number of aryl methyl sites for hydroxylation is 1. The number of fused-ring (bicyclic) bond motifs is 2. The van der Waals surface area contributed by atoms with Crippen molar-refractivity contribution in [1.82, 2.24) is 14.9 Å². The van der Waals surface area contributed by atoms with E-state index < -0.39 is 0 Å². The molecule has 0 bridgehead atoms. The summed E-state index contributed by atoms with van der Waals surface area (Å²) in [5.74, 6) is 0.0130. The Hall–Kier alpha value is -4.32. The van der Waals surface area contributed by atoms with Gasteiger partial charge in [0.2, 0.25) is 0 Å². The summed E-state index contributed by atoms with van der Waals surface area (Å²) in [5.41, 5.74) is 5.05. The first kappa shape index (κ1) is 17.5. The molecule has 5 aromatic rings. The topological polar surface area (TPSA) is 80.0 Å². The van der Waals surface area contributed by atoms with Crippen LogP contribution in [0.1, 0.15) is 11.1 Å². The van der Waals surface area contributed by atoms with Gasteiger partial charge < -0.3 is 14.0 Å². The number of para-hydroxylation sites is 1. The highest BCUT2D eigenvalue weighted by atomic mass is 16.3.